The summed E-state index contributed by atoms with van der Waals surface area (Å²) in [7, 11) is 0. The molecule has 0 spiro atoms. The van der Waals surface area contributed by atoms with Crippen molar-refractivity contribution in [3.8, 4) is 11.4 Å². The number of thiazole rings is 1. The Bertz CT molecular complexity index is 1030. The normalized spacial score (nSPS) is 12.9. The smallest absolute Gasteiger partial charge is 0.375 e. The monoisotopic (exact) mass is 428 g/mol. The van der Waals surface area contributed by atoms with Crippen molar-refractivity contribution in [2.45, 2.75) is 26.1 Å². The van der Waals surface area contributed by atoms with Crippen LogP contribution in [-0.4, -0.2) is 39.6 Å². The average molecular weight is 428 g/mol. The molecule has 11 heteroatoms. The number of nitrogens with two attached hydrogens (primary N) is 1. The number of fused-ring (bicyclic) bond motifs is 1. The fourth-order valence-corrected chi connectivity index (χ4v) is 3.42. The highest BCUT2D eigenvalue weighted by Gasteiger charge is 2.30. The Hall–Kier alpha value is -2.95. The molecular weight excluding hydrogens is 405 g/mol. The number of nitrogen functional groups attached to an aromatic ring is 1. The van der Waals surface area contributed by atoms with Gasteiger partial charge in [-0.1, -0.05) is 25.2 Å². The van der Waals surface area contributed by atoms with Crippen molar-refractivity contribution >= 4 is 38.4 Å². The Morgan fingerprint density at radius 1 is 1.28 bits per heavy atom. The Balaban J connectivity index is 0.00000240. The van der Waals surface area contributed by atoms with Crippen molar-refractivity contribution in [2.24, 2.45) is 5.92 Å². The highest BCUT2D eigenvalue weighted by atomic mass is 32.1. The maximum absolute atomic E-state index is 12.4. The molecule has 1 amide bonds. The fourth-order valence-electron chi connectivity index (χ4n) is 2.65. The lowest BCUT2D eigenvalue weighted by Gasteiger charge is -2.22. The molecule has 1 aromatic carbocycles. The number of hydrogen-bond acceptors (Lipinski definition) is 7. The van der Waals surface area contributed by atoms with Gasteiger partial charge in [0.2, 0.25) is 5.91 Å². The summed E-state index contributed by atoms with van der Waals surface area (Å²) in [5.74, 6) is -0.279. The van der Waals surface area contributed by atoms with Gasteiger partial charge in [-0.15, -0.1) is 0 Å². The zero-order valence-corrected chi connectivity index (χ0v) is 16.4. The van der Waals surface area contributed by atoms with Gasteiger partial charge in [0.05, 0.1) is 10.2 Å². The molecule has 7 nitrogen and oxygen atoms in total. The third-order valence-electron chi connectivity index (χ3n) is 4.03. The molecule has 0 saturated carbocycles. The highest BCUT2D eigenvalue weighted by Crippen LogP contribution is 2.28. The minimum Gasteiger partial charge on any atom is -0.375 e. The van der Waals surface area contributed by atoms with Crippen LogP contribution >= 0.6 is 11.3 Å². The predicted octanol–water partition coefficient (Wildman–Crippen LogP) is 3.94. The van der Waals surface area contributed by atoms with E-state index in [0.717, 1.165) is 15.8 Å². The number of carbonyl (C=O) groups is 1. The summed E-state index contributed by atoms with van der Waals surface area (Å²) in [6.07, 6.45) is -2.96. The van der Waals surface area contributed by atoms with Crippen molar-refractivity contribution in [1.29, 1.82) is 0 Å². The Morgan fingerprint density at radius 3 is 2.72 bits per heavy atom. The van der Waals surface area contributed by atoms with Crippen molar-refractivity contribution in [3.63, 3.8) is 0 Å². The molecule has 3 rings (SSSR count). The molecule has 4 N–H and O–H groups in total. The van der Waals surface area contributed by atoms with E-state index in [2.05, 4.69) is 20.3 Å². The first-order chi connectivity index (χ1) is 13.6. The fraction of sp³-hybridized carbons (Fsp3) is 0.333. The maximum Gasteiger partial charge on any atom is 0.405 e. The number of alkyl halides is 3. The lowest BCUT2D eigenvalue weighted by molar-refractivity contribution is -0.139. The van der Waals surface area contributed by atoms with E-state index in [4.69, 9.17) is 5.73 Å². The summed E-state index contributed by atoms with van der Waals surface area (Å²) in [5.41, 5.74) is 7.22. The molecule has 2 heterocycles. The average Bonchev–Trinajstić information content (AvgIpc) is 3.02. The van der Waals surface area contributed by atoms with Crippen LogP contribution in [0.1, 0.15) is 16.7 Å². The Morgan fingerprint density at radius 2 is 2.03 bits per heavy atom. The van der Waals surface area contributed by atoms with Crippen molar-refractivity contribution in [3.05, 3.63) is 30.5 Å². The number of halogens is 3. The lowest BCUT2D eigenvalue weighted by atomic mass is 10.0. The molecule has 0 aliphatic rings. The first-order valence-electron chi connectivity index (χ1n) is 8.73. The molecule has 0 fully saturated rings. The molecule has 0 unspecified atom stereocenters. The highest BCUT2D eigenvalue weighted by molar-refractivity contribution is 7.22. The van der Waals surface area contributed by atoms with Crippen LogP contribution in [0.5, 0.6) is 0 Å². The Labute approximate surface area is 171 Å². The molecule has 29 heavy (non-hydrogen) atoms. The molecule has 0 bridgehead atoms. The van der Waals surface area contributed by atoms with E-state index in [1.165, 1.54) is 17.5 Å². The number of nitrogens with zero attached hydrogens (tertiary/aromatic N) is 3. The van der Waals surface area contributed by atoms with E-state index in [-0.39, 0.29) is 8.77 Å². The van der Waals surface area contributed by atoms with Gasteiger partial charge in [-0.2, -0.15) is 13.2 Å². The second-order valence-electron chi connectivity index (χ2n) is 6.70. The van der Waals surface area contributed by atoms with Crippen molar-refractivity contribution in [1.82, 2.24) is 20.3 Å². The van der Waals surface area contributed by atoms with E-state index in [1.54, 1.807) is 26.0 Å². The van der Waals surface area contributed by atoms with Gasteiger partial charge < -0.3 is 16.4 Å². The number of carbonyl (C=O) groups excluding carboxylic acids is 1. The maximum atomic E-state index is 12.4. The molecule has 158 valence electrons. The van der Waals surface area contributed by atoms with Gasteiger partial charge >= 0.3 is 6.18 Å². The van der Waals surface area contributed by atoms with Gasteiger partial charge in [-0.05, 0) is 30.2 Å². The molecule has 1 atom stereocenters. The van der Waals surface area contributed by atoms with E-state index in [9.17, 15) is 18.0 Å². The number of aromatic nitrogens is 3. The van der Waals surface area contributed by atoms with E-state index >= 15 is 0 Å². The molecular formula is C18H23F3N6OS. The van der Waals surface area contributed by atoms with Crippen LogP contribution in [0.4, 0.5) is 24.1 Å². The predicted molar refractivity (Wildman–Crippen MR) is 111 cm³/mol. The largest absolute Gasteiger partial charge is 0.405 e. The van der Waals surface area contributed by atoms with Gasteiger partial charge in [0.25, 0.3) is 0 Å². The third kappa shape index (κ3) is 5.31. The summed E-state index contributed by atoms with van der Waals surface area (Å²) in [6.45, 7) is 2.08. The summed E-state index contributed by atoms with van der Waals surface area (Å²) in [5, 5.41) is 5.27. The van der Waals surface area contributed by atoms with Gasteiger partial charge in [-0.3, -0.25) is 4.79 Å². The minimum absolute atomic E-state index is 0. The SMILES string of the molecule is CC(C)[C@@H](Nc1ccnc(-c2ccc3nc(N)sc3c2)n1)C(=O)NCC(F)(F)F.[HH].[HH]. The van der Waals surface area contributed by atoms with E-state index in [1.807, 2.05) is 17.4 Å². The summed E-state index contributed by atoms with van der Waals surface area (Å²) in [6, 6.07) is 6.14. The number of benzene rings is 1. The van der Waals surface area contributed by atoms with Crippen LogP contribution in [-0.2, 0) is 4.79 Å². The van der Waals surface area contributed by atoms with Crippen LogP contribution < -0.4 is 16.4 Å². The number of hydrogen-bond donors (Lipinski definition) is 3. The first kappa shape index (κ1) is 20.8. The van der Waals surface area contributed by atoms with Crippen molar-refractivity contribution < 1.29 is 20.8 Å². The summed E-state index contributed by atoms with van der Waals surface area (Å²) < 4.78 is 38.1. The van der Waals surface area contributed by atoms with Crippen LogP contribution in [0.15, 0.2) is 30.5 Å². The van der Waals surface area contributed by atoms with Gasteiger partial charge in [-0.25, -0.2) is 15.0 Å². The van der Waals surface area contributed by atoms with Gasteiger partial charge in [0.1, 0.15) is 18.4 Å². The zero-order valence-electron chi connectivity index (χ0n) is 15.6. The zero-order chi connectivity index (χ0) is 21.2. The summed E-state index contributed by atoms with van der Waals surface area (Å²) in [4.78, 5) is 25.0. The quantitative estimate of drug-likeness (QED) is 0.549. The van der Waals surface area contributed by atoms with E-state index in [0.29, 0.717) is 16.8 Å². The Kier molecular flexibility index (Phi) is 5.87. The molecule has 2 aromatic heterocycles. The molecule has 0 aliphatic carbocycles. The van der Waals surface area contributed by atoms with Crippen LogP contribution in [0.2, 0.25) is 0 Å². The summed E-state index contributed by atoms with van der Waals surface area (Å²) >= 11 is 1.34. The number of nitrogens with one attached hydrogen (secondary N) is 2. The topological polar surface area (TPSA) is 106 Å². The number of rotatable bonds is 6. The standard InChI is InChI=1S/C18H19F3N6OS.2H2/c1-9(2)14(16(28)24-8-18(19,20)21)26-13-5-6-23-15(27-13)10-3-4-11-12(7-10)29-17(22)25-11;;/h3-7,9,14H,8H2,1-2H3,(H2,22,25)(H,24,28)(H,23,26,27);2*1H/t14-;;/m1../s1. The third-order valence-corrected chi connectivity index (χ3v) is 4.88. The van der Waals surface area contributed by atoms with Crippen LogP contribution in [0.25, 0.3) is 21.6 Å². The van der Waals surface area contributed by atoms with Crippen LogP contribution in [0, 0.1) is 5.92 Å². The minimum atomic E-state index is -4.47. The van der Waals surface area contributed by atoms with E-state index < -0.39 is 24.7 Å². The first-order valence-corrected chi connectivity index (χ1v) is 9.54. The van der Waals surface area contributed by atoms with Crippen molar-refractivity contribution in [2.75, 3.05) is 17.6 Å². The van der Waals surface area contributed by atoms with Gasteiger partial charge in [0, 0.05) is 14.6 Å². The molecule has 3 aromatic rings. The number of anilines is 2. The lowest BCUT2D eigenvalue weighted by Crippen LogP contribution is -2.46. The molecule has 0 radical (unpaired) electrons. The van der Waals surface area contributed by atoms with Crippen LogP contribution in [0.3, 0.4) is 0 Å². The second kappa shape index (κ2) is 8.19. The molecule has 0 saturated heterocycles. The molecule has 0 aliphatic heterocycles. The number of amides is 1. The second-order valence-corrected chi connectivity index (χ2v) is 7.76. The van der Waals surface area contributed by atoms with Gasteiger partial charge in [0.15, 0.2) is 11.0 Å².